The number of benzene rings is 2. The summed E-state index contributed by atoms with van der Waals surface area (Å²) in [5, 5.41) is 26.9. The molecule has 0 bridgehead atoms. The van der Waals surface area contributed by atoms with Crippen LogP contribution in [0.4, 0.5) is 21.5 Å². The first kappa shape index (κ1) is 21.5. The quantitative estimate of drug-likeness (QED) is 0.137. The minimum Gasteiger partial charge on any atom is -0.507 e. The standard InChI is InChI=1S/C13H9N5O9S3/c14-11-10-5(1-6(3-7(10)19)29(22,23)24)2-8(30(25,26)27)12(11)16-17-13-15-4-9(28-13)18(20)21/h1-4,19H,14H2,(H,22,23,24)(H,25,26,27). The minimum absolute atomic E-state index is 0.228. The number of nitro groups is 1. The number of aromatic nitrogens is 1. The van der Waals surface area contributed by atoms with E-state index in [9.17, 15) is 36.6 Å². The molecule has 0 unspecified atom stereocenters. The van der Waals surface area contributed by atoms with Crippen LogP contribution in [0.2, 0.25) is 0 Å². The number of phenols is 1. The molecule has 0 aliphatic rings. The Morgan fingerprint density at radius 3 is 2.30 bits per heavy atom. The Hall–Kier alpha value is -3.25. The van der Waals surface area contributed by atoms with E-state index >= 15 is 0 Å². The fraction of sp³-hybridized carbons (Fsp3) is 0. The zero-order chi connectivity index (χ0) is 22.4. The second-order valence-electron chi connectivity index (χ2n) is 5.57. The molecule has 3 aromatic rings. The van der Waals surface area contributed by atoms with Gasteiger partial charge in [-0.05, 0) is 28.9 Å². The van der Waals surface area contributed by atoms with Crippen molar-refractivity contribution in [3.8, 4) is 5.75 Å². The average Bonchev–Trinajstić information content (AvgIpc) is 3.08. The summed E-state index contributed by atoms with van der Waals surface area (Å²) < 4.78 is 64.9. The Morgan fingerprint density at radius 2 is 1.77 bits per heavy atom. The molecule has 0 amide bonds. The molecule has 17 heteroatoms. The topological polar surface area (TPSA) is 236 Å². The number of thiazole rings is 1. The summed E-state index contributed by atoms with van der Waals surface area (Å²) in [6.07, 6.45) is 0.898. The Balaban J connectivity index is 2.29. The molecule has 3 rings (SSSR count). The highest BCUT2D eigenvalue weighted by atomic mass is 32.2. The van der Waals surface area contributed by atoms with Gasteiger partial charge in [0.15, 0.2) is 0 Å². The second-order valence-corrected chi connectivity index (χ2v) is 9.36. The van der Waals surface area contributed by atoms with E-state index < -0.39 is 52.1 Å². The van der Waals surface area contributed by atoms with Crippen molar-refractivity contribution in [3.05, 3.63) is 34.5 Å². The lowest BCUT2D eigenvalue weighted by atomic mass is 10.1. The van der Waals surface area contributed by atoms with Gasteiger partial charge < -0.3 is 10.8 Å². The number of phenolic OH excluding ortho intramolecular Hbond substituents is 1. The molecule has 0 saturated carbocycles. The molecular formula is C13H9N5O9S3. The Bertz CT molecular complexity index is 1440. The van der Waals surface area contributed by atoms with Crippen molar-refractivity contribution in [1.82, 2.24) is 4.98 Å². The summed E-state index contributed by atoms with van der Waals surface area (Å²) in [4.78, 5) is 11.9. The number of anilines is 1. The van der Waals surface area contributed by atoms with Crippen LogP contribution in [0.3, 0.4) is 0 Å². The van der Waals surface area contributed by atoms with E-state index in [4.69, 9.17) is 10.3 Å². The molecule has 0 atom stereocenters. The number of azo groups is 1. The Kier molecular flexibility index (Phi) is 5.16. The smallest absolute Gasteiger partial charge is 0.345 e. The number of nitrogens with zero attached hydrogens (tertiary/aromatic N) is 4. The molecule has 1 heterocycles. The Labute approximate surface area is 171 Å². The van der Waals surface area contributed by atoms with Gasteiger partial charge in [-0.15, -0.1) is 10.2 Å². The van der Waals surface area contributed by atoms with Crippen molar-refractivity contribution in [2.45, 2.75) is 9.79 Å². The molecule has 2 aromatic carbocycles. The van der Waals surface area contributed by atoms with Crippen molar-refractivity contribution in [2.24, 2.45) is 10.2 Å². The van der Waals surface area contributed by atoms with Gasteiger partial charge in [0.05, 0.1) is 15.5 Å². The molecule has 1 aromatic heterocycles. The number of hydrogen-bond acceptors (Lipinski definition) is 12. The number of fused-ring (bicyclic) bond motifs is 1. The van der Waals surface area contributed by atoms with Crippen LogP contribution in [0.5, 0.6) is 5.75 Å². The predicted octanol–water partition coefficient (Wildman–Crippen LogP) is 2.40. The highest BCUT2D eigenvalue weighted by Gasteiger charge is 2.24. The van der Waals surface area contributed by atoms with Crippen LogP contribution in [-0.2, 0) is 20.2 Å². The second kappa shape index (κ2) is 7.22. The van der Waals surface area contributed by atoms with Gasteiger partial charge in [-0.25, -0.2) is 4.98 Å². The van der Waals surface area contributed by atoms with E-state index in [0.29, 0.717) is 17.4 Å². The van der Waals surface area contributed by atoms with Gasteiger partial charge >= 0.3 is 5.00 Å². The molecule has 0 spiro atoms. The summed E-state index contributed by atoms with van der Waals surface area (Å²) >= 11 is 0.524. The van der Waals surface area contributed by atoms with Gasteiger partial charge in [-0.3, -0.25) is 19.2 Å². The van der Waals surface area contributed by atoms with Gasteiger partial charge in [0, 0.05) is 11.5 Å². The largest absolute Gasteiger partial charge is 0.507 e. The van der Waals surface area contributed by atoms with Crippen LogP contribution in [0.15, 0.2) is 44.4 Å². The maximum Gasteiger partial charge on any atom is 0.345 e. The molecule has 0 saturated heterocycles. The van der Waals surface area contributed by atoms with Crippen LogP contribution in [0.1, 0.15) is 0 Å². The molecule has 14 nitrogen and oxygen atoms in total. The van der Waals surface area contributed by atoms with Crippen LogP contribution in [-0.4, -0.2) is 41.0 Å². The van der Waals surface area contributed by atoms with Crippen molar-refractivity contribution in [1.29, 1.82) is 0 Å². The lowest BCUT2D eigenvalue weighted by Crippen LogP contribution is -2.03. The maximum absolute atomic E-state index is 11.8. The molecule has 158 valence electrons. The highest BCUT2D eigenvalue weighted by molar-refractivity contribution is 7.86. The molecule has 0 fully saturated rings. The molecule has 30 heavy (non-hydrogen) atoms. The normalized spacial score (nSPS) is 12.6. The van der Waals surface area contributed by atoms with Crippen LogP contribution in [0, 0.1) is 10.1 Å². The van der Waals surface area contributed by atoms with Crippen LogP contribution in [0.25, 0.3) is 10.8 Å². The average molecular weight is 475 g/mol. The van der Waals surface area contributed by atoms with Crippen LogP contribution >= 0.6 is 11.3 Å². The monoisotopic (exact) mass is 475 g/mol. The predicted molar refractivity (Wildman–Crippen MR) is 103 cm³/mol. The van der Waals surface area contributed by atoms with Gasteiger partial charge in [0.1, 0.15) is 22.5 Å². The number of rotatable bonds is 5. The first-order valence-electron chi connectivity index (χ1n) is 7.35. The minimum atomic E-state index is -4.97. The molecule has 0 aliphatic heterocycles. The third-order valence-corrected chi connectivity index (χ3v) is 6.17. The lowest BCUT2D eigenvalue weighted by molar-refractivity contribution is -0.380. The molecular weight excluding hydrogens is 466 g/mol. The summed E-state index contributed by atoms with van der Waals surface area (Å²) in [6.45, 7) is 0. The molecule has 0 aliphatic carbocycles. The van der Waals surface area contributed by atoms with Crippen molar-refractivity contribution < 1.29 is 36.0 Å². The van der Waals surface area contributed by atoms with Crippen molar-refractivity contribution >= 4 is 63.9 Å². The van der Waals surface area contributed by atoms with Crippen LogP contribution < -0.4 is 5.73 Å². The van der Waals surface area contributed by atoms with E-state index in [-0.39, 0.29) is 20.9 Å². The third-order valence-electron chi connectivity index (χ3n) is 3.64. The third kappa shape index (κ3) is 4.04. The van der Waals surface area contributed by atoms with Crippen molar-refractivity contribution in [3.63, 3.8) is 0 Å². The van der Waals surface area contributed by atoms with E-state index in [1.54, 1.807) is 0 Å². The van der Waals surface area contributed by atoms with Crippen molar-refractivity contribution in [2.75, 3.05) is 5.73 Å². The highest BCUT2D eigenvalue weighted by Crippen LogP contribution is 2.43. The number of nitrogens with two attached hydrogens (primary N) is 1. The summed E-state index contributed by atoms with van der Waals surface area (Å²) in [7, 11) is -9.73. The molecule has 5 N–H and O–H groups in total. The van der Waals surface area contributed by atoms with E-state index in [0.717, 1.165) is 18.3 Å². The van der Waals surface area contributed by atoms with E-state index in [1.807, 2.05) is 0 Å². The maximum atomic E-state index is 11.8. The van der Waals surface area contributed by atoms with Gasteiger partial charge in [-0.1, -0.05) is 0 Å². The molecule has 0 radical (unpaired) electrons. The van der Waals surface area contributed by atoms with Gasteiger partial charge in [-0.2, -0.15) is 16.8 Å². The number of aromatic hydroxyl groups is 1. The zero-order valence-corrected chi connectivity index (χ0v) is 16.6. The fourth-order valence-electron chi connectivity index (χ4n) is 2.42. The zero-order valence-electron chi connectivity index (χ0n) is 14.2. The number of nitrogen functional groups attached to an aromatic ring is 1. The fourth-order valence-corrected chi connectivity index (χ4v) is 4.18. The Morgan fingerprint density at radius 1 is 1.10 bits per heavy atom. The van der Waals surface area contributed by atoms with Gasteiger partial charge in [0.25, 0.3) is 20.2 Å². The SMILES string of the molecule is Nc1c(N=Nc2ncc([N+](=O)[O-])s2)c(S(=O)(=O)O)cc2cc(S(=O)(=O)O)cc(O)c12. The summed E-state index contributed by atoms with van der Waals surface area (Å²) in [6, 6.07) is 2.25. The van der Waals surface area contributed by atoms with Gasteiger partial charge in [0.2, 0.25) is 5.13 Å². The first-order chi connectivity index (χ1) is 13.8. The van der Waals surface area contributed by atoms with E-state index in [2.05, 4.69) is 15.2 Å². The summed E-state index contributed by atoms with van der Waals surface area (Å²) in [5.74, 6) is -0.735. The van der Waals surface area contributed by atoms with E-state index in [1.165, 1.54) is 0 Å². The summed E-state index contributed by atoms with van der Waals surface area (Å²) in [5.41, 5.74) is 4.74. The lowest BCUT2D eigenvalue weighted by Gasteiger charge is -2.12. The number of hydrogen-bond donors (Lipinski definition) is 4. The first-order valence-corrected chi connectivity index (χ1v) is 11.0.